The molecule has 0 aliphatic carbocycles. The number of fused-ring (bicyclic) bond motifs is 1. The number of phenolic OH excluding ortho intramolecular Hbond substituents is 2. The van der Waals surface area contributed by atoms with Crippen molar-refractivity contribution in [2.24, 2.45) is 4.99 Å². The van der Waals surface area contributed by atoms with E-state index in [4.69, 9.17) is 10.2 Å². The molecule has 0 amide bonds. The number of phenols is 2. The number of carbonyl (C=O) groups is 3. The van der Waals surface area contributed by atoms with Crippen LogP contribution in [0.15, 0.2) is 41.1 Å². The van der Waals surface area contributed by atoms with Crippen LogP contribution >= 0.6 is 0 Å². The Kier molecular flexibility index (Phi) is 4.78. The largest absolute Gasteiger partial charge is 0.504 e. The highest BCUT2D eigenvalue weighted by atomic mass is 16.4. The molecule has 28 heavy (non-hydrogen) atoms. The second kappa shape index (κ2) is 7.06. The van der Waals surface area contributed by atoms with E-state index in [2.05, 4.69) is 4.99 Å². The summed E-state index contributed by atoms with van der Waals surface area (Å²) in [5, 5.41) is 47.1. The number of anilines is 1. The molecule has 3 rings (SSSR count). The molecular formula is C18H16N2O8. The van der Waals surface area contributed by atoms with E-state index >= 15 is 0 Å². The SMILES string of the molecule is O=C(O)C1=NC(C(=O)O)CC(C=CN2c3cc(O)c(O)cc3CC2C(=O)O)=C1. The molecule has 10 nitrogen and oxygen atoms in total. The number of benzene rings is 1. The molecule has 146 valence electrons. The normalized spacial score (nSPS) is 21.2. The van der Waals surface area contributed by atoms with Gasteiger partial charge in [-0.05, 0) is 29.4 Å². The third-order valence-corrected chi connectivity index (χ3v) is 4.49. The van der Waals surface area contributed by atoms with Gasteiger partial charge in [-0.3, -0.25) is 4.99 Å². The number of rotatable bonds is 5. The lowest BCUT2D eigenvalue weighted by molar-refractivity contribution is -0.139. The van der Waals surface area contributed by atoms with E-state index in [1.165, 1.54) is 35.4 Å². The van der Waals surface area contributed by atoms with Crippen molar-refractivity contribution in [1.82, 2.24) is 0 Å². The van der Waals surface area contributed by atoms with E-state index in [1.807, 2.05) is 0 Å². The van der Waals surface area contributed by atoms with Gasteiger partial charge in [-0.15, -0.1) is 0 Å². The van der Waals surface area contributed by atoms with Gasteiger partial charge >= 0.3 is 17.9 Å². The van der Waals surface area contributed by atoms with Gasteiger partial charge in [0.2, 0.25) is 0 Å². The molecule has 0 fully saturated rings. The van der Waals surface area contributed by atoms with Gasteiger partial charge in [-0.25, -0.2) is 14.4 Å². The topological polar surface area (TPSA) is 168 Å². The fraction of sp³-hybridized carbons (Fsp3) is 0.222. The van der Waals surface area contributed by atoms with Gasteiger partial charge in [0.05, 0.1) is 0 Å². The van der Waals surface area contributed by atoms with Crippen LogP contribution in [0.25, 0.3) is 0 Å². The lowest BCUT2D eigenvalue weighted by Gasteiger charge is -2.21. The number of nitrogens with zero attached hydrogens (tertiary/aromatic N) is 2. The van der Waals surface area contributed by atoms with Crippen molar-refractivity contribution >= 4 is 29.3 Å². The smallest absolute Gasteiger partial charge is 0.354 e. The molecule has 2 aliphatic rings. The standard InChI is InChI=1S/C18H16N2O8/c21-14-6-9-5-13(18(27)28)20(12(9)7-15(14)22)2-1-8-3-10(16(23)24)19-11(4-8)17(25)26/h1-3,6-7,11,13,21-22H,4-5H2,(H,23,24)(H,25,26)(H,27,28). The summed E-state index contributed by atoms with van der Waals surface area (Å²) in [5.74, 6) is -4.55. The maximum atomic E-state index is 11.6. The van der Waals surface area contributed by atoms with Crippen LogP contribution in [-0.4, -0.2) is 61.2 Å². The summed E-state index contributed by atoms with van der Waals surface area (Å²) in [6.07, 6.45) is 4.06. The molecule has 0 saturated carbocycles. The fourth-order valence-electron chi connectivity index (χ4n) is 3.14. The van der Waals surface area contributed by atoms with E-state index < -0.39 is 41.5 Å². The zero-order chi connectivity index (χ0) is 20.6. The van der Waals surface area contributed by atoms with Crippen LogP contribution in [0.3, 0.4) is 0 Å². The summed E-state index contributed by atoms with van der Waals surface area (Å²) in [5.41, 5.74) is 0.830. The first-order valence-corrected chi connectivity index (χ1v) is 8.16. The number of allylic oxidation sites excluding steroid dienone is 1. The quantitative estimate of drug-likeness (QED) is 0.457. The van der Waals surface area contributed by atoms with Crippen molar-refractivity contribution in [1.29, 1.82) is 0 Å². The summed E-state index contributed by atoms with van der Waals surface area (Å²) < 4.78 is 0. The Morgan fingerprint density at radius 3 is 2.32 bits per heavy atom. The van der Waals surface area contributed by atoms with Crippen LogP contribution < -0.4 is 4.90 Å². The van der Waals surface area contributed by atoms with Crippen molar-refractivity contribution in [2.75, 3.05) is 4.90 Å². The molecule has 10 heteroatoms. The summed E-state index contributed by atoms with van der Waals surface area (Å²) in [6.45, 7) is 0. The van der Waals surface area contributed by atoms with Crippen LogP contribution in [0.4, 0.5) is 5.69 Å². The number of aromatic hydroxyl groups is 2. The molecular weight excluding hydrogens is 372 g/mol. The van der Waals surface area contributed by atoms with E-state index in [0.29, 0.717) is 16.8 Å². The lowest BCUT2D eigenvalue weighted by Crippen LogP contribution is -2.34. The highest BCUT2D eigenvalue weighted by molar-refractivity contribution is 6.41. The van der Waals surface area contributed by atoms with Crippen molar-refractivity contribution in [3.63, 3.8) is 0 Å². The van der Waals surface area contributed by atoms with Crippen molar-refractivity contribution < 1.29 is 39.9 Å². The van der Waals surface area contributed by atoms with Gasteiger partial charge < -0.3 is 30.4 Å². The zero-order valence-corrected chi connectivity index (χ0v) is 14.3. The predicted octanol–water partition coefficient (Wildman–Crippen LogP) is 0.736. The first-order chi connectivity index (χ1) is 13.2. The van der Waals surface area contributed by atoms with Crippen LogP contribution in [0.5, 0.6) is 11.5 Å². The fourth-order valence-corrected chi connectivity index (χ4v) is 3.14. The Balaban J connectivity index is 1.95. The Morgan fingerprint density at radius 2 is 1.71 bits per heavy atom. The molecule has 0 saturated heterocycles. The van der Waals surface area contributed by atoms with Gasteiger partial charge in [0.1, 0.15) is 11.8 Å². The van der Waals surface area contributed by atoms with Crippen LogP contribution in [0.2, 0.25) is 0 Å². The Labute approximate surface area is 158 Å². The van der Waals surface area contributed by atoms with E-state index in [9.17, 15) is 29.7 Å². The van der Waals surface area contributed by atoms with E-state index in [1.54, 1.807) is 0 Å². The molecule has 5 N–H and O–H groups in total. The molecule has 0 aromatic heterocycles. The van der Waals surface area contributed by atoms with Crippen LogP contribution in [-0.2, 0) is 20.8 Å². The average molecular weight is 388 g/mol. The zero-order valence-electron chi connectivity index (χ0n) is 14.3. The summed E-state index contributed by atoms with van der Waals surface area (Å²) in [6, 6.07) is 0.263. The Hall–Kier alpha value is -3.82. The number of aliphatic carboxylic acids is 3. The predicted molar refractivity (Wildman–Crippen MR) is 95.7 cm³/mol. The van der Waals surface area contributed by atoms with Crippen molar-refractivity contribution in [2.45, 2.75) is 24.9 Å². The first kappa shape index (κ1) is 19.0. The number of carboxylic acid groups (broad SMARTS) is 3. The highest BCUT2D eigenvalue weighted by Crippen LogP contribution is 2.40. The van der Waals surface area contributed by atoms with Gasteiger partial charge in [-0.2, -0.15) is 0 Å². The van der Waals surface area contributed by atoms with Gasteiger partial charge in [0, 0.05) is 30.8 Å². The van der Waals surface area contributed by atoms with Crippen molar-refractivity contribution in [3.8, 4) is 11.5 Å². The number of carboxylic acids is 3. The monoisotopic (exact) mass is 388 g/mol. The minimum atomic E-state index is -1.37. The van der Waals surface area contributed by atoms with Gasteiger partial charge in [0.25, 0.3) is 0 Å². The highest BCUT2D eigenvalue weighted by Gasteiger charge is 2.34. The van der Waals surface area contributed by atoms with E-state index in [0.717, 1.165) is 0 Å². The molecule has 1 aromatic carbocycles. The summed E-state index contributed by atoms with van der Waals surface area (Å²) >= 11 is 0. The average Bonchev–Trinajstić information content (AvgIpc) is 2.97. The van der Waals surface area contributed by atoms with E-state index in [-0.39, 0.29) is 18.6 Å². The Bertz CT molecular complexity index is 963. The van der Waals surface area contributed by atoms with Gasteiger partial charge in [-0.1, -0.05) is 0 Å². The molecule has 0 radical (unpaired) electrons. The number of aliphatic imine (C=N–C) groups is 1. The maximum absolute atomic E-state index is 11.6. The number of hydrogen-bond acceptors (Lipinski definition) is 7. The minimum Gasteiger partial charge on any atom is -0.504 e. The molecule has 0 spiro atoms. The second-order valence-corrected chi connectivity index (χ2v) is 6.35. The van der Waals surface area contributed by atoms with Crippen molar-refractivity contribution in [3.05, 3.63) is 41.6 Å². The summed E-state index contributed by atoms with van der Waals surface area (Å²) in [4.78, 5) is 39.0. The molecule has 2 atom stereocenters. The molecule has 2 heterocycles. The van der Waals surface area contributed by atoms with Gasteiger partial charge in [0.15, 0.2) is 17.5 Å². The molecule has 1 aromatic rings. The van der Waals surface area contributed by atoms with Crippen LogP contribution in [0.1, 0.15) is 12.0 Å². The molecule has 0 bridgehead atoms. The minimum absolute atomic E-state index is 0.0537. The summed E-state index contributed by atoms with van der Waals surface area (Å²) in [7, 11) is 0. The molecule has 2 aliphatic heterocycles. The third kappa shape index (κ3) is 3.52. The number of dihydropyridines is 1. The van der Waals surface area contributed by atoms with Crippen LogP contribution in [0, 0.1) is 0 Å². The Morgan fingerprint density at radius 1 is 1.04 bits per heavy atom. The lowest BCUT2D eigenvalue weighted by atomic mass is 10.0. The number of hydrogen-bond donors (Lipinski definition) is 5. The first-order valence-electron chi connectivity index (χ1n) is 8.16. The second-order valence-electron chi connectivity index (χ2n) is 6.35. The maximum Gasteiger partial charge on any atom is 0.354 e. The molecule has 2 unspecified atom stereocenters. The third-order valence-electron chi connectivity index (χ3n) is 4.49.